The molecule has 0 saturated heterocycles. The number of rotatable bonds is 7. The second-order valence-corrected chi connectivity index (χ2v) is 6.14. The van der Waals surface area contributed by atoms with E-state index in [1.54, 1.807) is 6.20 Å². The Balaban J connectivity index is 1.69. The van der Waals surface area contributed by atoms with Crippen molar-refractivity contribution in [3.05, 3.63) is 89.7 Å². The number of nitrogens with one attached hydrogen (secondary N) is 1. The topological polar surface area (TPSA) is 46.9 Å². The van der Waals surface area contributed by atoms with E-state index in [2.05, 4.69) is 41.6 Å². The first kappa shape index (κ1) is 17.0. The Morgan fingerprint density at radius 1 is 1.08 bits per heavy atom. The highest BCUT2D eigenvalue weighted by Crippen LogP contribution is 2.30. The first-order valence-electron chi connectivity index (χ1n) is 8.58. The molecular weight excluding hydrogens is 310 g/mol. The van der Waals surface area contributed by atoms with Crippen molar-refractivity contribution in [2.75, 3.05) is 6.54 Å². The molecule has 4 nitrogen and oxygen atoms in total. The normalized spacial score (nSPS) is 11.9. The van der Waals surface area contributed by atoms with Gasteiger partial charge in [0.1, 0.15) is 0 Å². The van der Waals surface area contributed by atoms with Gasteiger partial charge in [0.25, 0.3) is 0 Å². The van der Waals surface area contributed by atoms with Gasteiger partial charge >= 0.3 is 0 Å². The van der Waals surface area contributed by atoms with E-state index < -0.39 is 0 Å². The number of carbonyl (C=O) groups excluding carboxylic acids is 1. The molecule has 0 aliphatic heterocycles. The summed E-state index contributed by atoms with van der Waals surface area (Å²) in [5.41, 5.74) is 3.58. The third-order valence-electron chi connectivity index (χ3n) is 4.38. The van der Waals surface area contributed by atoms with Crippen LogP contribution in [0.4, 0.5) is 0 Å². The van der Waals surface area contributed by atoms with Gasteiger partial charge in [-0.15, -0.1) is 0 Å². The van der Waals surface area contributed by atoms with Gasteiger partial charge in [0.15, 0.2) is 0 Å². The van der Waals surface area contributed by atoms with Gasteiger partial charge in [0.05, 0.1) is 6.54 Å². The van der Waals surface area contributed by atoms with E-state index in [1.807, 2.05) is 47.3 Å². The van der Waals surface area contributed by atoms with Gasteiger partial charge in [-0.25, -0.2) is 0 Å². The smallest absolute Gasteiger partial charge is 0.221 e. The van der Waals surface area contributed by atoms with Crippen LogP contribution in [0.1, 0.15) is 29.0 Å². The van der Waals surface area contributed by atoms with Crippen molar-refractivity contribution >= 4 is 5.91 Å². The molecule has 0 aliphatic carbocycles. The van der Waals surface area contributed by atoms with Crippen LogP contribution in [0.15, 0.2) is 73.1 Å². The lowest BCUT2D eigenvalue weighted by Crippen LogP contribution is -2.29. The third kappa shape index (κ3) is 4.57. The maximum absolute atomic E-state index is 12.5. The van der Waals surface area contributed by atoms with Crippen LogP contribution in [0, 0.1) is 6.92 Å². The molecule has 0 spiro atoms. The summed E-state index contributed by atoms with van der Waals surface area (Å²) in [6.45, 7) is 3.36. The molecule has 3 aromatic rings. The number of aromatic nitrogens is 2. The first-order valence-corrected chi connectivity index (χ1v) is 8.58. The van der Waals surface area contributed by atoms with E-state index in [0.717, 1.165) is 0 Å². The van der Waals surface area contributed by atoms with Gasteiger partial charge in [-0.3, -0.25) is 9.48 Å². The van der Waals surface area contributed by atoms with Gasteiger partial charge in [-0.05, 0) is 29.7 Å². The van der Waals surface area contributed by atoms with Crippen LogP contribution in [0.25, 0.3) is 0 Å². The second kappa shape index (κ2) is 8.29. The minimum atomic E-state index is 0.0595. The highest BCUT2D eigenvalue weighted by atomic mass is 16.1. The molecular formula is C21H23N3O. The van der Waals surface area contributed by atoms with Crippen molar-refractivity contribution in [3.8, 4) is 0 Å². The molecule has 128 valence electrons. The number of carbonyl (C=O) groups is 1. The van der Waals surface area contributed by atoms with Gasteiger partial charge < -0.3 is 5.32 Å². The molecule has 3 rings (SSSR count). The highest BCUT2D eigenvalue weighted by molar-refractivity contribution is 5.77. The molecule has 0 unspecified atom stereocenters. The maximum atomic E-state index is 12.5. The molecule has 1 atom stereocenters. The van der Waals surface area contributed by atoms with Crippen molar-refractivity contribution in [2.24, 2.45) is 0 Å². The van der Waals surface area contributed by atoms with E-state index in [0.29, 0.717) is 19.5 Å². The number of aryl methyl sites for hydroxylation is 1. The summed E-state index contributed by atoms with van der Waals surface area (Å²) < 4.78 is 1.82. The Morgan fingerprint density at radius 2 is 1.84 bits per heavy atom. The van der Waals surface area contributed by atoms with Crippen LogP contribution in [0.2, 0.25) is 0 Å². The fraction of sp³-hybridized carbons (Fsp3) is 0.238. The number of hydrogen-bond donors (Lipinski definition) is 1. The van der Waals surface area contributed by atoms with Gasteiger partial charge in [0, 0.05) is 31.3 Å². The number of amides is 1. The van der Waals surface area contributed by atoms with Crippen LogP contribution in [-0.2, 0) is 11.3 Å². The molecule has 0 radical (unpaired) electrons. The first-order chi connectivity index (χ1) is 12.2. The van der Waals surface area contributed by atoms with Crippen molar-refractivity contribution in [2.45, 2.75) is 25.8 Å². The largest absolute Gasteiger partial charge is 0.354 e. The molecule has 1 amide bonds. The van der Waals surface area contributed by atoms with E-state index in [-0.39, 0.29) is 11.8 Å². The predicted octanol–water partition coefficient (Wildman–Crippen LogP) is 3.53. The summed E-state index contributed by atoms with van der Waals surface area (Å²) >= 11 is 0. The average molecular weight is 333 g/mol. The Hall–Kier alpha value is -2.88. The van der Waals surface area contributed by atoms with Crippen molar-refractivity contribution in [1.29, 1.82) is 0 Å². The van der Waals surface area contributed by atoms with Crippen LogP contribution in [0.3, 0.4) is 0 Å². The minimum Gasteiger partial charge on any atom is -0.354 e. The van der Waals surface area contributed by atoms with E-state index in [1.165, 1.54) is 16.7 Å². The molecule has 0 saturated carbocycles. The standard InChI is InChI=1S/C21H23N3O/c1-17-8-5-6-11-19(17)20(18-9-3-2-4-10-18)16-21(25)22-13-15-24-14-7-12-23-24/h2-12,14,20H,13,15-16H2,1H3,(H,22,25)/t20-/m0/s1. The lowest BCUT2D eigenvalue weighted by atomic mass is 9.86. The monoisotopic (exact) mass is 333 g/mol. The minimum absolute atomic E-state index is 0.0595. The molecule has 2 aromatic carbocycles. The van der Waals surface area contributed by atoms with Gasteiger partial charge in [-0.1, -0.05) is 54.6 Å². The number of nitrogens with zero attached hydrogens (tertiary/aromatic N) is 2. The van der Waals surface area contributed by atoms with Crippen LogP contribution < -0.4 is 5.32 Å². The third-order valence-corrected chi connectivity index (χ3v) is 4.38. The molecule has 0 bridgehead atoms. The van der Waals surface area contributed by atoms with E-state index >= 15 is 0 Å². The van der Waals surface area contributed by atoms with E-state index in [4.69, 9.17) is 0 Å². The molecule has 1 heterocycles. The number of benzene rings is 2. The zero-order valence-corrected chi connectivity index (χ0v) is 14.4. The van der Waals surface area contributed by atoms with Gasteiger partial charge in [0.2, 0.25) is 5.91 Å². The Kier molecular flexibility index (Phi) is 5.62. The zero-order valence-electron chi connectivity index (χ0n) is 14.4. The lowest BCUT2D eigenvalue weighted by molar-refractivity contribution is -0.121. The zero-order chi connectivity index (χ0) is 17.5. The SMILES string of the molecule is Cc1ccccc1[C@@H](CC(=O)NCCn1cccn1)c1ccccc1. The molecule has 4 heteroatoms. The second-order valence-electron chi connectivity index (χ2n) is 6.14. The summed E-state index contributed by atoms with van der Waals surface area (Å²) in [5.74, 6) is 0.122. The average Bonchev–Trinajstić information content (AvgIpc) is 3.15. The quantitative estimate of drug-likeness (QED) is 0.719. The van der Waals surface area contributed by atoms with Crippen molar-refractivity contribution in [3.63, 3.8) is 0 Å². The van der Waals surface area contributed by atoms with Crippen LogP contribution in [-0.4, -0.2) is 22.2 Å². The number of hydrogen-bond acceptors (Lipinski definition) is 2. The van der Waals surface area contributed by atoms with Crippen LogP contribution in [0.5, 0.6) is 0 Å². The molecule has 1 aromatic heterocycles. The fourth-order valence-corrected chi connectivity index (χ4v) is 3.07. The Morgan fingerprint density at radius 3 is 2.56 bits per heavy atom. The fourth-order valence-electron chi connectivity index (χ4n) is 3.07. The van der Waals surface area contributed by atoms with Crippen molar-refractivity contribution in [1.82, 2.24) is 15.1 Å². The summed E-state index contributed by atoms with van der Waals surface area (Å²) in [6, 6.07) is 20.4. The lowest BCUT2D eigenvalue weighted by Gasteiger charge is -2.20. The Bertz CT molecular complexity index is 797. The summed E-state index contributed by atoms with van der Waals surface area (Å²) in [6.07, 6.45) is 4.08. The molecule has 0 aliphatic rings. The van der Waals surface area contributed by atoms with Gasteiger partial charge in [-0.2, -0.15) is 5.10 Å². The predicted molar refractivity (Wildman–Crippen MR) is 99.3 cm³/mol. The van der Waals surface area contributed by atoms with E-state index in [9.17, 15) is 4.79 Å². The van der Waals surface area contributed by atoms with Crippen molar-refractivity contribution < 1.29 is 4.79 Å². The molecule has 1 N–H and O–H groups in total. The highest BCUT2D eigenvalue weighted by Gasteiger charge is 2.19. The summed E-state index contributed by atoms with van der Waals surface area (Å²) in [4.78, 5) is 12.5. The Labute approximate surface area is 148 Å². The van der Waals surface area contributed by atoms with Crippen LogP contribution >= 0.6 is 0 Å². The molecule has 25 heavy (non-hydrogen) atoms. The summed E-state index contributed by atoms with van der Waals surface area (Å²) in [7, 11) is 0. The molecule has 0 fully saturated rings. The summed E-state index contributed by atoms with van der Waals surface area (Å²) in [5, 5.41) is 7.16. The maximum Gasteiger partial charge on any atom is 0.221 e.